The second kappa shape index (κ2) is 12.9. The summed E-state index contributed by atoms with van der Waals surface area (Å²) in [6.45, 7) is 6.23. The molecule has 2 saturated heterocycles. The summed E-state index contributed by atoms with van der Waals surface area (Å²) >= 11 is 0. The van der Waals surface area contributed by atoms with Gasteiger partial charge >= 0.3 is 24.4 Å². The van der Waals surface area contributed by atoms with Crippen LogP contribution in [0.5, 0.6) is 0 Å². The highest BCUT2D eigenvalue weighted by atomic mass is 19.4. The Hall–Kier alpha value is -4.37. The largest absolute Gasteiger partial charge is 0.490 e. The second-order valence-corrected chi connectivity index (χ2v) is 10.8. The van der Waals surface area contributed by atoms with Crippen LogP contribution in [0.2, 0.25) is 0 Å². The summed E-state index contributed by atoms with van der Waals surface area (Å²) in [6, 6.07) is 16.2. The van der Waals surface area contributed by atoms with Crippen LogP contribution in [0.15, 0.2) is 60.7 Å². The van der Waals surface area contributed by atoms with Crippen molar-refractivity contribution in [1.29, 1.82) is 0 Å². The van der Waals surface area contributed by atoms with E-state index in [1.165, 1.54) is 6.07 Å². The molecule has 15 heteroatoms. The van der Waals surface area contributed by atoms with Crippen LogP contribution in [-0.4, -0.2) is 78.5 Å². The van der Waals surface area contributed by atoms with Gasteiger partial charge in [0.05, 0.1) is 23.0 Å². The second-order valence-electron chi connectivity index (χ2n) is 10.8. The van der Waals surface area contributed by atoms with Crippen molar-refractivity contribution in [2.75, 3.05) is 54.4 Å². The Balaban J connectivity index is 0.000000515. The number of anilines is 3. The van der Waals surface area contributed by atoms with Gasteiger partial charge in [-0.2, -0.15) is 26.3 Å². The molecule has 0 aliphatic carbocycles. The molecule has 3 aromatic rings. The molecule has 6 rings (SSSR count). The number of alkyl halides is 6. The van der Waals surface area contributed by atoms with Gasteiger partial charge in [0.15, 0.2) is 5.82 Å². The molecule has 0 unspecified atom stereocenters. The van der Waals surface area contributed by atoms with Crippen LogP contribution >= 0.6 is 0 Å². The molecular formula is C30H30F6N6O3. The molecule has 3 aliphatic rings. The molecule has 2 bridgehead atoms. The Morgan fingerprint density at radius 3 is 2.36 bits per heavy atom. The molecule has 240 valence electrons. The number of carbonyl (C=O) groups excluding carboxylic acids is 1. The van der Waals surface area contributed by atoms with E-state index in [4.69, 9.17) is 14.9 Å². The van der Waals surface area contributed by atoms with Crippen LogP contribution < -0.4 is 20.4 Å². The van der Waals surface area contributed by atoms with E-state index in [0.717, 1.165) is 69.1 Å². The Morgan fingerprint density at radius 1 is 0.956 bits per heavy atom. The highest BCUT2D eigenvalue weighted by molar-refractivity contribution is 6.04. The fourth-order valence-corrected chi connectivity index (χ4v) is 5.55. The molecular weight excluding hydrogens is 606 g/mol. The first-order valence-corrected chi connectivity index (χ1v) is 14.2. The van der Waals surface area contributed by atoms with Crippen LogP contribution in [0.25, 0.3) is 11.3 Å². The number of carboxylic acids is 1. The number of piperazine rings is 1. The third-order valence-corrected chi connectivity index (χ3v) is 7.69. The Kier molecular flexibility index (Phi) is 9.20. The van der Waals surface area contributed by atoms with E-state index in [0.29, 0.717) is 29.3 Å². The third-order valence-electron chi connectivity index (χ3n) is 7.69. The molecule has 2 fully saturated rings. The van der Waals surface area contributed by atoms with E-state index < -0.39 is 23.9 Å². The number of benzene rings is 2. The van der Waals surface area contributed by atoms with Gasteiger partial charge in [0.1, 0.15) is 0 Å². The quantitative estimate of drug-likeness (QED) is 0.328. The number of fused-ring (bicyclic) bond motifs is 4. The predicted molar refractivity (Wildman–Crippen MR) is 155 cm³/mol. The van der Waals surface area contributed by atoms with Crippen molar-refractivity contribution in [1.82, 2.24) is 15.2 Å². The van der Waals surface area contributed by atoms with Crippen molar-refractivity contribution in [3.05, 3.63) is 71.8 Å². The summed E-state index contributed by atoms with van der Waals surface area (Å²) in [7, 11) is 0. The minimum Gasteiger partial charge on any atom is -0.475 e. The third kappa shape index (κ3) is 7.65. The highest BCUT2D eigenvalue weighted by Gasteiger charge is 2.41. The number of nitrogens with zero attached hydrogens (tertiary/aromatic N) is 4. The van der Waals surface area contributed by atoms with Gasteiger partial charge in [-0.05, 0) is 48.4 Å². The fourth-order valence-electron chi connectivity index (χ4n) is 5.55. The van der Waals surface area contributed by atoms with E-state index in [1.54, 1.807) is 17.0 Å². The van der Waals surface area contributed by atoms with E-state index in [-0.39, 0.29) is 12.1 Å². The molecule has 1 atom stereocenters. The number of hydrogen-bond donors (Lipinski definition) is 3. The lowest BCUT2D eigenvalue weighted by atomic mass is 10.1. The highest BCUT2D eigenvalue weighted by Crippen LogP contribution is 2.41. The van der Waals surface area contributed by atoms with Crippen molar-refractivity contribution >= 4 is 29.2 Å². The van der Waals surface area contributed by atoms with Crippen LogP contribution in [0.4, 0.5) is 48.3 Å². The van der Waals surface area contributed by atoms with Crippen molar-refractivity contribution in [2.24, 2.45) is 0 Å². The number of urea groups is 1. The molecule has 0 radical (unpaired) electrons. The van der Waals surface area contributed by atoms with Gasteiger partial charge in [0.2, 0.25) is 0 Å². The number of aromatic nitrogens is 1. The lowest BCUT2D eigenvalue weighted by Gasteiger charge is -2.36. The number of carbonyl (C=O) groups is 2. The Bertz CT molecular complexity index is 1540. The minimum atomic E-state index is -5.08. The molecule has 1 aromatic heterocycles. The Labute approximate surface area is 254 Å². The number of halogens is 6. The van der Waals surface area contributed by atoms with Gasteiger partial charge in [-0.15, -0.1) is 0 Å². The summed E-state index contributed by atoms with van der Waals surface area (Å²) in [6.07, 6.45) is -8.73. The van der Waals surface area contributed by atoms with Crippen LogP contribution in [0.3, 0.4) is 0 Å². The average Bonchev–Trinajstić information content (AvgIpc) is 3.41. The number of nitrogens with one attached hydrogen (secondary N) is 2. The average molecular weight is 637 g/mol. The van der Waals surface area contributed by atoms with Gasteiger partial charge in [0, 0.05) is 57.1 Å². The fraction of sp³-hybridized carbons (Fsp3) is 0.367. The molecule has 0 saturated carbocycles. The first kappa shape index (κ1) is 32.0. The summed E-state index contributed by atoms with van der Waals surface area (Å²) < 4.78 is 71.7. The van der Waals surface area contributed by atoms with Crippen LogP contribution in [0, 0.1) is 0 Å². The number of carboxylic acid groups (broad SMARTS) is 1. The van der Waals surface area contributed by atoms with Gasteiger partial charge < -0.3 is 20.6 Å². The van der Waals surface area contributed by atoms with Crippen molar-refractivity contribution in [3.8, 4) is 11.3 Å². The molecule has 4 heterocycles. The SMILES string of the molecule is O=C(Nc1cccc(CN2CCNCC2)c1)N1c2nc(-c3cccc(C(F)(F)F)c3)ccc2N2CC[C@H]1C2.O=C(O)C(F)(F)F. The molecule has 45 heavy (non-hydrogen) atoms. The number of aliphatic carboxylic acids is 1. The van der Waals surface area contributed by atoms with Crippen LogP contribution in [-0.2, 0) is 17.5 Å². The summed E-state index contributed by atoms with van der Waals surface area (Å²) in [5, 5.41) is 13.5. The number of rotatable bonds is 4. The maximum absolute atomic E-state index is 13.6. The van der Waals surface area contributed by atoms with Crippen molar-refractivity contribution in [3.63, 3.8) is 0 Å². The lowest BCUT2D eigenvalue weighted by Crippen LogP contribution is -2.48. The van der Waals surface area contributed by atoms with E-state index >= 15 is 0 Å². The maximum atomic E-state index is 13.6. The predicted octanol–water partition coefficient (Wildman–Crippen LogP) is 5.44. The molecule has 2 aromatic carbocycles. The monoisotopic (exact) mass is 636 g/mol. The van der Waals surface area contributed by atoms with Gasteiger partial charge in [-0.25, -0.2) is 14.6 Å². The van der Waals surface area contributed by atoms with Gasteiger partial charge in [-0.1, -0.05) is 24.3 Å². The molecule has 9 nitrogen and oxygen atoms in total. The summed E-state index contributed by atoms with van der Waals surface area (Å²) in [4.78, 5) is 33.5. The number of hydrogen-bond acceptors (Lipinski definition) is 6. The smallest absolute Gasteiger partial charge is 0.475 e. The summed E-state index contributed by atoms with van der Waals surface area (Å²) in [5.74, 6) is -2.28. The summed E-state index contributed by atoms with van der Waals surface area (Å²) in [5.41, 5.74) is 2.68. The lowest BCUT2D eigenvalue weighted by molar-refractivity contribution is -0.192. The molecule has 3 aliphatic heterocycles. The van der Waals surface area contributed by atoms with Crippen molar-refractivity contribution < 1.29 is 41.0 Å². The molecule has 0 spiro atoms. The minimum absolute atomic E-state index is 0.0595. The zero-order valence-electron chi connectivity index (χ0n) is 23.8. The maximum Gasteiger partial charge on any atom is 0.490 e. The van der Waals surface area contributed by atoms with Crippen molar-refractivity contribution in [2.45, 2.75) is 31.4 Å². The molecule has 3 N–H and O–H groups in total. The zero-order valence-corrected chi connectivity index (χ0v) is 23.8. The topological polar surface area (TPSA) is 101 Å². The normalized spacial score (nSPS) is 18.1. The van der Waals surface area contributed by atoms with Crippen LogP contribution in [0.1, 0.15) is 17.5 Å². The van der Waals surface area contributed by atoms with Gasteiger partial charge in [-0.3, -0.25) is 9.80 Å². The Morgan fingerprint density at radius 2 is 1.67 bits per heavy atom. The molecule has 2 amide bonds. The first-order valence-electron chi connectivity index (χ1n) is 14.2. The first-order chi connectivity index (χ1) is 21.3. The van der Waals surface area contributed by atoms with E-state index in [1.807, 2.05) is 24.3 Å². The zero-order chi connectivity index (χ0) is 32.4. The number of pyridine rings is 1. The van der Waals surface area contributed by atoms with E-state index in [2.05, 4.69) is 26.5 Å². The van der Waals surface area contributed by atoms with E-state index in [9.17, 15) is 31.1 Å². The number of amides is 2. The standard InChI is InChI=1S/C28H29F3N6O.C2HF3O2/c29-28(30,31)21-5-2-4-20(16-21)24-7-8-25-26(34-24)37(23-9-12-36(25)18-23)27(38)33-22-6-1-3-19(15-22)17-35-13-10-32-11-14-35;3-2(4,5)1(6)7/h1-8,15-16,23,32H,9-14,17-18H2,(H,33,38);(H,6,7)/t23-;/m0./s1. The van der Waals surface area contributed by atoms with Gasteiger partial charge in [0.25, 0.3) is 0 Å².